The van der Waals surface area contributed by atoms with Gasteiger partial charge in [0.25, 0.3) is 0 Å². The van der Waals surface area contributed by atoms with E-state index >= 15 is 0 Å². The van der Waals surface area contributed by atoms with E-state index in [1.165, 1.54) is 0 Å². The van der Waals surface area contributed by atoms with E-state index in [0.717, 1.165) is 23.6 Å². The normalized spacial score (nSPS) is 10.2. The molecular formula is C13H14ClN3OS. The third-order valence-corrected chi connectivity index (χ3v) is 3.00. The van der Waals surface area contributed by atoms with Gasteiger partial charge in [0.1, 0.15) is 5.69 Å². The van der Waals surface area contributed by atoms with Gasteiger partial charge in [-0.15, -0.1) is 0 Å². The maximum atomic E-state index is 5.84. The summed E-state index contributed by atoms with van der Waals surface area (Å²) in [6.07, 6.45) is 0. The molecule has 0 aliphatic heterocycles. The minimum absolute atomic E-state index is 0.506. The highest BCUT2D eigenvalue weighted by atomic mass is 35.5. The lowest BCUT2D eigenvalue weighted by atomic mass is 10.1. The number of benzene rings is 1. The molecule has 100 valence electrons. The molecule has 0 saturated carbocycles. The van der Waals surface area contributed by atoms with Crippen molar-refractivity contribution in [2.24, 2.45) is 0 Å². The van der Waals surface area contributed by atoms with E-state index in [4.69, 9.17) is 28.3 Å². The lowest BCUT2D eigenvalue weighted by Crippen LogP contribution is -2.34. The molecule has 0 unspecified atom stereocenters. The van der Waals surface area contributed by atoms with Gasteiger partial charge < -0.3 is 15.2 Å². The number of rotatable bonds is 4. The second-order valence-corrected chi connectivity index (χ2v) is 4.74. The highest BCUT2D eigenvalue weighted by Gasteiger charge is 2.06. The van der Waals surface area contributed by atoms with E-state index in [1.807, 2.05) is 37.3 Å². The van der Waals surface area contributed by atoms with Gasteiger partial charge in [0.05, 0.1) is 6.54 Å². The largest absolute Gasteiger partial charge is 0.363 e. The van der Waals surface area contributed by atoms with Gasteiger partial charge in [-0.3, -0.25) is 0 Å². The molecule has 1 aromatic carbocycles. The summed E-state index contributed by atoms with van der Waals surface area (Å²) in [4.78, 5) is 0. The van der Waals surface area contributed by atoms with Crippen LogP contribution in [0.15, 0.2) is 34.9 Å². The first kappa shape index (κ1) is 13.8. The number of hydrogen-bond acceptors (Lipinski definition) is 3. The molecule has 0 atom stereocenters. The molecule has 2 rings (SSSR count). The van der Waals surface area contributed by atoms with Crippen molar-refractivity contribution in [3.8, 4) is 11.3 Å². The minimum Gasteiger partial charge on any atom is -0.363 e. The second-order valence-electron chi connectivity index (χ2n) is 3.90. The maximum Gasteiger partial charge on any atom is 0.166 e. The Morgan fingerprint density at radius 1 is 1.32 bits per heavy atom. The van der Waals surface area contributed by atoms with E-state index < -0.39 is 0 Å². The van der Waals surface area contributed by atoms with E-state index in [9.17, 15) is 0 Å². The Kier molecular flexibility index (Phi) is 4.76. The lowest BCUT2D eigenvalue weighted by Gasteiger charge is -2.05. The van der Waals surface area contributed by atoms with Crippen LogP contribution in [0.4, 0.5) is 0 Å². The molecule has 1 aromatic heterocycles. The average Bonchev–Trinajstić information content (AvgIpc) is 2.86. The maximum absolute atomic E-state index is 5.84. The van der Waals surface area contributed by atoms with Crippen molar-refractivity contribution in [2.45, 2.75) is 13.5 Å². The van der Waals surface area contributed by atoms with Crippen molar-refractivity contribution >= 4 is 28.9 Å². The predicted octanol–water partition coefficient (Wildman–Crippen LogP) is 2.98. The van der Waals surface area contributed by atoms with Crippen molar-refractivity contribution in [3.63, 3.8) is 0 Å². The molecule has 2 aromatic rings. The van der Waals surface area contributed by atoms with E-state index in [0.29, 0.717) is 16.7 Å². The molecule has 1 heterocycles. The van der Waals surface area contributed by atoms with Crippen LogP contribution in [-0.4, -0.2) is 16.8 Å². The van der Waals surface area contributed by atoms with E-state index in [2.05, 4.69) is 15.8 Å². The predicted molar refractivity (Wildman–Crippen MR) is 80.1 cm³/mol. The van der Waals surface area contributed by atoms with Gasteiger partial charge in [0.2, 0.25) is 0 Å². The van der Waals surface area contributed by atoms with Gasteiger partial charge in [-0.05, 0) is 31.3 Å². The van der Waals surface area contributed by atoms with Crippen LogP contribution < -0.4 is 10.6 Å². The van der Waals surface area contributed by atoms with E-state index in [-0.39, 0.29) is 0 Å². The van der Waals surface area contributed by atoms with Crippen molar-refractivity contribution in [2.75, 3.05) is 6.54 Å². The zero-order valence-corrected chi connectivity index (χ0v) is 12.0. The fourth-order valence-electron chi connectivity index (χ4n) is 1.54. The van der Waals surface area contributed by atoms with Crippen LogP contribution >= 0.6 is 23.8 Å². The second kappa shape index (κ2) is 6.54. The Bertz CT molecular complexity index is 553. The van der Waals surface area contributed by atoms with E-state index in [1.54, 1.807) is 0 Å². The van der Waals surface area contributed by atoms with Crippen LogP contribution in [-0.2, 0) is 6.54 Å². The van der Waals surface area contributed by atoms with Crippen LogP contribution in [0.3, 0.4) is 0 Å². The van der Waals surface area contributed by atoms with Crippen LogP contribution in [0.1, 0.15) is 12.7 Å². The molecule has 0 aliphatic rings. The highest BCUT2D eigenvalue weighted by molar-refractivity contribution is 7.80. The molecule has 2 N–H and O–H groups in total. The van der Waals surface area contributed by atoms with Crippen LogP contribution in [0.2, 0.25) is 5.02 Å². The number of thiocarbonyl (C=S) groups is 1. The minimum atomic E-state index is 0.506. The molecule has 0 saturated heterocycles. The molecule has 0 fully saturated rings. The summed E-state index contributed by atoms with van der Waals surface area (Å²) in [5.41, 5.74) is 1.75. The Hall–Kier alpha value is -1.59. The molecule has 4 nitrogen and oxygen atoms in total. The standard InChI is InChI=1S/C13H14ClN3OS/c1-2-15-13(19)16-8-11-7-12(17-18-11)9-3-5-10(14)6-4-9/h3-7H,2,8H2,1H3,(H2,15,16,19). The van der Waals surface area contributed by atoms with Crippen LogP contribution in [0.5, 0.6) is 0 Å². The molecular weight excluding hydrogens is 282 g/mol. The third-order valence-electron chi connectivity index (χ3n) is 2.46. The van der Waals surface area contributed by atoms with Crippen molar-refractivity contribution in [1.82, 2.24) is 15.8 Å². The summed E-state index contributed by atoms with van der Waals surface area (Å²) >= 11 is 10.9. The quantitative estimate of drug-likeness (QED) is 0.849. The Morgan fingerprint density at radius 2 is 2.05 bits per heavy atom. The number of nitrogens with zero attached hydrogens (tertiary/aromatic N) is 1. The number of aromatic nitrogens is 1. The molecule has 0 bridgehead atoms. The van der Waals surface area contributed by atoms with Crippen LogP contribution in [0, 0.1) is 0 Å². The number of nitrogens with one attached hydrogen (secondary N) is 2. The molecule has 0 radical (unpaired) electrons. The van der Waals surface area contributed by atoms with Crippen molar-refractivity contribution in [1.29, 1.82) is 0 Å². The topological polar surface area (TPSA) is 50.1 Å². The molecule has 0 amide bonds. The summed E-state index contributed by atoms with van der Waals surface area (Å²) in [5.74, 6) is 0.727. The Labute approximate surface area is 122 Å². The monoisotopic (exact) mass is 295 g/mol. The molecule has 19 heavy (non-hydrogen) atoms. The van der Waals surface area contributed by atoms with Gasteiger partial charge in [0.15, 0.2) is 10.9 Å². The summed E-state index contributed by atoms with van der Waals surface area (Å²) in [6.45, 7) is 3.28. The zero-order chi connectivity index (χ0) is 13.7. The first-order valence-electron chi connectivity index (χ1n) is 5.92. The summed E-state index contributed by atoms with van der Waals surface area (Å²) in [7, 11) is 0. The summed E-state index contributed by atoms with van der Waals surface area (Å²) in [5, 5.41) is 11.4. The summed E-state index contributed by atoms with van der Waals surface area (Å²) in [6, 6.07) is 9.33. The lowest BCUT2D eigenvalue weighted by molar-refractivity contribution is 0.382. The molecule has 0 spiro atoms. The Balaban J connectivity index is 1.99. The zero-order valence-electron chi connectivity index (χ0n) is 10.4. The van der Waals surface area contributed by atoms with Gasteiger partial charge in [-0.2, -0.15) is 0 Å². The third kappa shape index (κ3) is 3.94. The van der Waals surface area contributed by atoms with Gasteiger partial charge in [0, 0.05) is 23.2 Å². The fourth-order valence-corrected chi connectivity index (χ4v) is 1.89. The smallest absolute Gasteiger partial charge is 0.166 e. The van der Waals surface area contributed by atoms with Crippen LogP contribution in [0.25, 0.3) is 11.3 Å². The Morgan fingerprint density at radius 3 is 2.74 bits per heavy atom. The van der Waals surface area contributed by atoms with Gasteiger partial charge in [-0.25, -0.2) is 0 Å². The number of hydrogen-bond donors (Lipinski definition) is 2. The van der Waals surface area contributed by atoms with Crippen molar-refractivity contribution < 1.29 is 4.52 Å². The SMILES string of the molecule is CCNC(=S)NCc1cc(-c2ccc(Cl)cc2)no1. The first-order chi connectivity index (χ1) is 9.19. The first-order valence-corrected chi connectivity index (χ1v) is 6.71. The molecule has 0 aliphatic carbocycles. The van der Waals surface area contributed by atoms with Gasteiger partial charge >= 0.3 is 0 Å². The highest BCUT2D eigenvalue weighted by Crippen LogP contribution is 2.21. The fraction of sp³-hybridized carbons (Fsp3) is 0.231. The molecule has 6 heteroatoms. The average molecular weight is 296 g/mol. The number of halogens is 1. The van der Waals surface area contributed by atoms with Crippen molar-refractivity contribution in [3.05, 3.63) is 41.1 Å². The van der Waals surface area contributed by atoms with Gasteiger partial charge in [-0.1, -0.05) is 28.9 Å². The summed E-state index contributed by atoms with van der Waals surface area (Å²) < 4.78 is 5.24.